The van der Waals surface area contributed by atoms with Crippen molar-refractivity contribution in [3.63, 3.8) is 0 Å². The molecule has 0 unspecified atom stereocenters. The molecule has 0 N–H and O–H groups in total. The van der Waals surface area contributed by atoms with Gasteiger partial charge in [-0.15, -0.1) is 0 Å². The van der Waals surface area contributed by atoms with Crippen LogP contribution in [0, 0.1) is 6.92 Å². The van der Waals surface area contributed by atoms with Crippen LogP contribution in [0.3, 0.4) is 0 Å². The summed E-state index contributed by atoms with van der Waals surface area (Å²) in [6.45, 7) is 15.6. The summed E-state index contributed by atoms with van der Waals surface area (Å²) in [5, 5.41) is 0. The fourth-order valence-electron chi connectivity index (χ4n) is 2.33. The minimum Gasteiger partial charge on any atom is -0.456 e. The zero-order valence-electron chi connectivity index (χ0n) is 15.4. The first-order chi connectivity index (χ1) is 10.3. The van der Waals surface area contributed by atoms with Gasteiger partial charge in [0.1, 0.15) is 5.60 Å². The van der Waals surface area contributed by atoms with Gasteiger partial charge in [0.25, 0.3) is 0 Å². The molecule has 1 fully saturated rings. The number of carbonyl (C=O) groups is 1. The summed E-state index contributed by atoms with van der Waals surface area (Å²) in [5.41, 5.74) is 1.06. The van der Waals surface area contributed by atoms with E-state index >= 15 is 0 Å². The summed E-state index contributed by atoms with van der Waals surface area (Å²) in [6.07, 6.45) is 0. The Morgan fingerprint density at radius 3 is 2.09 bits per heavy atom. The van der Waals surface area contributed by atoms with Crippen molar-refractivity contribution in [1.29, 1.82) is 0 Å². The molecule has 0 atom stereocenters. The Labute approximate surface area is 139 Å². The predicted molar refractivity (Wildman–Crippen MR) is 92.1 cm³/mol. The molecule has 0 spiro atoms. The van der Waals surface area contributed by atoms with Crippen LogP contribution in [0.4, 0.5) is 0 Å². The van der Waals surface area contributed by atoms with Gasteiger partial charge >= 0.3 is 13.1 Å². The topological polar surface area (TPSA) is 44.8 Å². The van der Waals surface area contributed by atoms with Crippen molar-refractivity contribution in [2.24, 2.45) is 0 Å². The highest BCUT2D eigenvalue weighted by atomic mass is 16.7. The van der Waals surface area contributed by atoms with Gasteiger partial charge in [-0.05, 0) is 73.0 Å². The molecule has 1 aliphatic heterocycles. The van der Waals surface area contributed by atoms with E-state index < -0.39 is 23.9 Å². The summed E-state index contributed by atoms with van der Waals surface area (Å²) in [5.74, 6) is -0.338. The normalized spacial score (nSPS) is 19.7. The Hall–Kier alpha value is -1.33. The zero-order chi connectivity index (χ0) is 17.6. The number of esters is 1. The minimum absolute atomic E-state index is 0.338. The summed E-state index contributed by atoms with van der Waals surface area (Å²) in [7, 11) is -0.484. The van der Waals surface area contributed by atoms with Gasteiger partial charge in [-0.1, -0.05) is 11.6 Å². The van der Waals surface area contributed by atoms with Gasteiger partial charge in [-0.3, -0.25) is 0 Å². The smallest absolute Gasteiger partial charge is 0.456 e. The maximum Gasteiger partial charge on any atom is 0.495 e. The highest BCUT2D eigenvalue weighted by molar-refractivity contribution is 6.62. The lowest BCUT2D eigenvalue weighted by Crippen LogP contribution is -2.41. The zero-order valence-corrected chi connectivity index (χ0v) is 15.4. The molecule has 0 bridgehead atoms. The van der Waals surface area contributed by atoms with Gasteiger partial charge in [0, 0.05) is 0 Å². The van der Waals surface area contributed by atoms with Gasteiger partial charge in [-0.2, -0.15) is 0 Å². The second-order valence-electron chi connectivity index (χ2n) is 8.16. The number of rotatable bonds is 2. The largest absolute Gasteiger partial charge is 0.495 e. The molecule has 23 heavy (non-hydrogen) atoms. The van der Waals surface area contributed by atoms with Crippen LogP contribution >= 0.6 is 0 Å². The quantitative estimate of drug-likeness (QED) is 0.620. The molecule has 1 aromatic rings. The van der Waals surface area contributed by atoms with Crippen LogP contribution in [-0.4, -0.2) is 29.9 Å². The Morgan fingerprint density at radius 1 is 1.09 bits per heavy atom. The van der Waals surface area contributed by atoms with Crippen LogP contribution in [0.25, 0.3) is 0 Å². The van der Waals surface area contributed by atoms with E-state index in [1.165, 1.54) is 0 Å². The maximum absolute atomic E-state index is 12.3. The van der Waals surface area contributed by atoms with Gasteiger partial charge in [0.05, 0.1) is 16.8 Å². The number of hydrogen-bond acceptors (Lipinski definition) is 4. The fourth-order valence-corrected chi connectivity index (χ4v) is 2.33. The van der Waals surface area contributed by atoms with Crippen molar-refractivity contribution in [2.75, 3.05) is 0 Å². The molecule has 1 heterocycles. The van der Waals surface area contributed by atoms with Crippen molar-refractivity contribution in [3.8, 4) is 0 Å². The second-order valence-corrected chi connectivity index (χ2v) is 8.16. The van der Waals surface area contributed by atoms with Crippen LogP contribution in [-0.2, 0) is 14.0 Å². The third kappa shape index (κ3) is 3.78. The lowest BCUT2D eigenvalue weighted by atomic mass is 9.75. The Kier molecular flexibility index (Phi) is 4.42. The van der Waals surface area contributed by atoms with E-state index in [2.05, 4.69) is 0 Å². The number of hydrogen-bond donors (Lipinski definition) is 0. The first-order valence-electron chi connectivity index (χ1n) is 8.02. The van der Waals surface area contributed by atoms with Crippen LogP contribution in [0.5, 0.6) is 0 Å². The number of benzene rings is 1. The minimum atomic E-state index is -0.521. The van der Waals surface area contributed by atoms with Crippen LogP contribution < -0.4 is 5.46 Å². The standard InChI is InChI=1S/C18H27BO4/c1-12-9-10-13(15(20)21-16(2,3)4)11-14(12)19-22-17(5,6)18(7,8)23-19/h9-11H,1-8H3. The van der Waals surface area contributed by atoms with Gasteiger partial charge in [-0.25, -0.2) is 4.79 Å². The van der Waals surface area contributed by atoms with Gasteiger partial charge < -0.3 is 14.0 Å². The van der Waals surface area contributed by atoms with E-state index in [0.717, 1.165) is 11.0 Å². The molecule has 0 aromatic heterocycles. The van der Waals surface area contributed by atoms with E-state index in [0.29, 0.717) is 5.56 Å². The molecule has 0 radical (unpaired) electrons. The Morgan fingerprint density at radius 2 is 1.61 bits per heavy atom. The molecule has 0 aliphatic carbocycles. The molecular formula is C18H27BO4. The molecule has 1 saturated heterocycles. The third-order valence-electron chi connectivity index (χ3n) is 4.42. The first kappa shape index (κ1) is 18.0. The van der Waals surface area contributed by atoms with E-state index in [1.54, 1.807) is 6.07 Å². The molecular weight excluding hydrogens is 291 g/mol. The molecule has 126 valence electrons. The van der Waals surface area contributed by atoms with Crippen LogP contribution in [0.1, 0.15) is 64.4 Å². The van der Waals surface area contributed by atoms with E-state index in [9.17, 15) is 4.79 Å². The van der Waals surface area contributed by atoms with Crippen molar-refractivity contribution in [3.05, 3.63) is 29.3 Å². The highest BCUT2D eigenvalue weighted by Crippen LogP contribution is 2.36. The molecule has 2 rings (SSSR count). The third-order valence-corrected chi connectivity index (χ3v) is 4.42. The van der Waals surface area contributed by atoms with Crippen molar-refractivity contribution in [1.82, 2.24) is 0 Å². The summed E-state index contributed by atoms with van der Waals surface area (Å²) in [6, 6.07) is 5.49. The Bertz CT molecular complexity index is 598. The summed E-state index contributed by atoms with van der Waals surface area (Å²) < 4.78 is 17.6. The monoisotopic (exact) mass is 318 g/mol. The number of carbonyl (C=O) groups excluding carboxylic acids is 1. The molecule has 1 aliphatic rings. The number of aryl methyl sites for hydroxylation is 1. The highest BCUT2D eigenvalue weighted by Gasteiger charge is 2.52. The maximum atomic E-state index is 12.3. The van der Waals surface area contributed by atoms with Crippen molar-refractivity contribution >= 4 is 18.6 Å². The van der Waals surface area contributed by atoms with Crippen molar-refractivity contribution in [2.45, 2.75) is 72.2 Å². The van der Waals surface area contributed by atoms with Gasteiger partial charge in [0.2, 0.25) is 0 Å². The average Bonchev–Trinajstić information content (AvgIpc) is 2.56. The molecule has 1 aromatic carbocycles. The molecule has 0 amide bonds. The average molecular weight is 318 g/mol. The lowest BCUT2D eigenvalue weighted by molar-refractivity contribution is 0.00578. The van der Waals surface area contributed by atoms with E-state index in [1.807, 2.05) is 67.5 Å². The Balaban J connectivity index is 2.31. The molecule has 0 saturated carbocycles. The SMILES string of the molecule is Cc1ccc(C(=O)OC(C)(C)C)cc1B1OC(C)(C)C(C)(C)O1. The van der Waals surface area contributed by atoms with Crippen molar-refractivity contribution < 1.29 is 18.8 Å². The first-order valence-corrected chi connectivity index (χ1v) is 8.02. The summed E-state index contributed by atoms with van der Waals surface area (Å²) >= 11 is 0. The lowest BCUT2D eigenvalue weighted by Gasteiger charge is -2.32. The summed E-state index contributed by atoms with van der Waals surface area (Å²) in [4.78, 5) is 12.3. The second kappa shape index (κ2) is 5.64. The van der Waals surface area contributed by atoms with E-state index in [4.69, 9.17) is 14.0 Å². The van der Waals surface area contributed by atoms with Gasteiger partial charge in [0.15, 0.2) is 0 Å². The predicted octanol–water partition coefficient (Wildman–Crippen LogP) is 3.25. The molecule has 4 nitrogen and oxygen atoms in total. The number of ether oxygens (including phenoxy) is 1. The fraction of sp³-hybridized carbons (Fsp3) is 0.611. The van der Waals surface area contributed by atoms with Crippen LogP contribution in [0.15, 0.2) is 18.2 Å². The molecule has 5 heteroatoms. The van der Waals surface area contributed by atoms with Crippen LogP contribution in [0.2, 0.25) is 0 Å². The van der Waals surface area contributed by atoms with E-state index in [-0.39, 0.29) is 5.97 Å².